The summed E-state index contributed by atoms with van der Waals surface area (Å²) in [6.07, 6.45) is 2.34. The Morgan fingerprint density at radius 3 is 2.44 bits per heavy atom. The fourth-order valence-electron chi connectivity index (χ4n) is 2.55. The summed E-state index contributed by atoms with van der Waals surface area (Å²) in [6.45, 7) is 8.63. The highest BCUT2D eigenvalue weighted by Crippen LogP contribution is 2.31. The average molecular weight is 250 g/mol. The molecule has 0 amide bonds. The summed E-state index contributed by atoms with van der Waals surface area (Å²) in [4.78, 5) is 0. The maximum Gasteiger partial charge on any atom is 0.122 e. The number of nitrogens with two attached hydrogens (primary N) is 1. The fraction of sp³-hybridized carbons (Fsp3) is 0.600. The van der Waals surface area contributed by atoms with Crippen molar-refractivity contribution in [3.8, 4) is 5.75 Å². The van der Waals surface area contributed by atoms with E-state index in [0.29, 0.717) is 5.92 Å². The lowest BCUT2D eigenvalue weighted by Crippen LogP contribution is -2.33. The first-order chi connectivity index (χ1) is 8.54. The van der Waals surface area contributed by atoms with Crippen LogP contribution in [0, 0.1) is 19.8 Å². The molecule has 2 unspecified atom stereocenters. The summed E-state index contributed by atoms with van der Waals surface area (Å²) in [6, 6.07) is 4.48. The van der Waals surface area contributed by atoms with E-state index in [4.69, 9.17) is 10.6 Å². The van der Waals surface area contributed by atoms with E-state index >= 15 is 0 Å². The van der Waals surface area contributed by atoms with Crippen LogP contribution in [-0.2, 0) is 0 Å². The molecule has 0 saturated heterocycles. The number of ether oxygens (including phenoxy) is 1. The number of hydrazine groups is 1. The minimum atomic E-state index is 0.203. The van der Waals surface area contributed by atoms with Gasteiger partial charge in [0.1, 0.15) is 5.75 Å². The summed E-state index contributed by atoms with van der Waals surface area (Å²) >= 11 is 0. The van der Waals surface area contributed by atoms with Gasteiger partial charge in [-0.15, -0.1) is 0 Å². The first-order valence-electron chi connectivity index (χ1n) is 6.66. The van der Waals surface area contributed by atoms with Gasteiger partial charge in [0.15, 0.2) is 0 Å². The van der Waals surface area contributed by atoms with E-state index in [1.54, 1.807) is 7.11 Å². The smallest absolute Gasteiger partial charge is 0.122 e. The second-order valence-electron chi connectivity index (χ2n) is 5.09. The van der Waals surface area contributed by atoms with E-state index < -0.39 is 0 Å². The van der Waals surface area contributed by atoms with Gasteiger partial charge in [-0.3, -0.25) is 11.3 Å². The summed E-state index contributed by atoms with van der Waals surface area (Å²) in [7, 11) is 1.71. The molecular weight excluding hydrogens is 224 g/mol. The van der Waals surface area contributed by atoms with Crippen LogP contribution in [0.3, 0.4) is 0 Å². The van der Waals surface area contributed by atoms with E-state index in [1.165, 1.54) is 24.0 Å². The Hall–Kier alpha value is -1.06. The lowest BCUT2D eigenvalue weighted by molar-refractivity contribution is 0.365. The van der Waals surface area contributed by atoms with Crippen molar-refractivity contribution < 1.29 is 4.74 Å². The van der Waals surface area contributed by atoms with Gasteiger partial charge in [0.25, 0.3) is 0 Å². The Labute approximate surface area is 111 Å². The topological polar surface area (TPSA) is 47.3 Å². The number of hydrogen-bond acceptors (Lipinski definition) is 3. The highest BCUT2D eigenvalue weighted by atomic mass is 16.5. The van der Waals surface area contributed by atoms with E-state index in [2.05, 4.69) is 45.3 Å². The van der Waals surface area contributed by atoms with Gasteiger partial charge < -0.3 is 4.74 Å². The maximum absolute atomic E-state index is 5.74. The molecule has 0 saturated carbocycles. The predicted octanol–water partition coefficient (Wildman–Crippen LogP) is 3.25. The van der Waals surface area contributed by atoms with E-state index in [9.17, 15) is 0 Å². The molecule has 0 aliphatic rings. The van der Waals surface area contributed by atoms with Gasteiger partial charge in [0.05, 0.1) is 7.11 Å². The van der Waals surface area contributed by atoms with E-state index in [-0.39, 0.29) is 6.04 Å². The molecule has 0 bridgehead atoms. The third-order valence-electron chi connectivity index (χ3n) is 3.61. The molecule has 3 N–H and O–H groups in total. The molecule has 0 aliphatic carbocycles. The summed E-state index contributed by atoms with van der Waals surface area (Å²) in [5.41, 5.74) is 6.62. The van der Waals surface area contributed by atoms with Crippen molar-refractivity contribution in [1.29, 1.82) is 0 Å². The number of nitrogens with one attached hydrogen (secondary N) is 1. The largest absolute Gasteiger partial charge is 0.496 e. The van der Waals surface area contributed by atoms with Crippen LogP contribution in [0.4, 0.5) is 0 Å². The van der Waals surface area contributed by atoms with Gasteiger partial charge in [0, 0.05) is 6.04 Å². The molecule has 2 atom stereocenters. The van der Waals surface area contributed by atoms with Crippen LogP contribution in [0.15, 0.2) is 12.1 Å². The van der Waals surface area contributed by atoms with Crippen molar-refractivity contribution in [2.45, 2.75) is 46.6 Å². The van der Waals surface area contributed by atoms with Crippen molar-refractivity contribution >= 4 is 0 Å². The molecule has 0 aliphatic heterocycles. The number of hydrogen-bond donors (Lipinski definition) is 2. The average Bonchev–Trinajstić information content (AvgIpc) is 2.34. The van der Waals surface area contributed by atoms with Gasteiger partial charge in [-0.05, 0) is 48.9 Å². The quantitative estimate of drug-likeness (QED) is 0.602. The molecule has 3 nitrogen and oxygen atoms in total. The van der Waals surface area contributed by atoms with Crippen LogP contribution >= 0.6 is 0 Å². The zero-order valence-corrected chi connectivity index (χ0v) is 12.2. The van der Waals surface area contributed by atoms with Gasteiger partial charge >= 0.3 is 0 Å². The Kier molecular flexibility index (Phi) is 5.63. The van der Waals surface area contributed by atoms with Gasteiger partial charge in [-0.1, -0.05) is 26.3 Å². The summed E-state index contributed by atoms with van der Waals surface area (Å²) < 4.78 is 5.35. The molecule has 1 aromatic rings. The number of aryl methyl sites for hydroxylation is 2. The van der Waals surface area contributed by atoms with Crippen molar-refractivity contribution in [3.05, 3.63) is 28.8 Å². The van der Waals surface area contributed by atoms with E-state index in [0.717, 1.165) is 11.3 Å². The molecule has 1 rings (SSSR count). The molecule has 1 aromatic carbocycles. The van der Waals surface area contributed by atoms with Crippen molar-refractivity contribution in [1.82, 2.24) is 5.43 Å². The van der Waals surface area contributed by atoms with Crippen LogP contribution in [0.1, 0.15) is 49.4 Å². The fourth-order valence-corrected chi connectivity index (χ4v) is 2.55. The molecule has 0 aromatic heterocycles. The summed E-state index contributed by atoms with van der Waals surface area (Å²) in [5, 5.41) is 0. The lowest BCUT2D eigenvalue weighted by atomic mass is 9.88. The van der Waals surface area contributed by atoms with Crippen LogP contribution in [-0.4, -0.2) is 7.11 Å². The maximum atomic E-state index is 5.74. The standard InChI is InChI=1S/C15H26N2O/c1-6-7-10(2)15(17-16)13-8-12(4)14(18-5)9-11(13)3/h8-10,15,17H,6-7,16H2,1-5H3. The Balaban J connectivity index is 3.09. The molecular formula is C15H26N2O. The minimum Gasteiger partial charge on any atom is -0.496 e. The Bertz CT molecular complexity index is 390. The Morgan fingerprint density at radius 2 is 1.94 bits per heavy atom. The van der Waals surface area contributed by atoms with Crippen LogP contribution in [0.2, 0.25) is 0 Å². The minimum absolute atomic E-state index is 0.203. The molecule has 0 heterocycles. The molecule has 0 radical (unpaired) electrons. The third kappa shape index (κ3) is 3.24. The number of benzene rings is 1. The molecule has 18 heavy (non-hydrogen) atoms. The van der Waals surface area contributed by atoms with Crippen LogP contribution < -0.4 is 16.0 Å². The highest BCUT2D eigenvalue weighted by Gasteiger charge is 2.20. The van der Waals surface area contributed by atoms with E-state index in [1.807, 2.05) is 0 Å². The zero-order chi connectivity index (χ0) is 13.7. The van der Waals surface area contributed by atoms with Gasteiger partial charge in [-0.25, -0.2) is 0 Å². The van der Waals surface area contributed by atoms with Crippen molar-refractivity contribution in [2.75, 3.05) is 7.11 Å². The normalized spacial score (nSPS) is 14.3. The second kappa shape index (κ2) is 6.76. The molecule has 0 fully saturated rings. The van der Waals surface area contributed by atoms with Crippen molar-refractivity contribution in [2.24, 2.45) is 11.8 Å². The molecule has 3 heteroatoms. The summed E-state index contributed by atoms with van der Waals surface area (Å²) in [5.74, 6) is 7.20. The number of rotatable bonds is 6. The lowest BCUT2D eigenvalue weighted by Gasteiger charge is -2.26. The van der Waals surface area contributed by atoms with Gasteiger partial charge in [0.2, 0.25) is 0 Å². The Morgan fingerprint density at radius 1 is 1.28 bits per heavy atom. The predicted molar refractivity (Wildman–Crippen MR) is 76.6 cm³/mol. The van der Waals surface area contributed by atoms with Crippen LogP contribution in [0.5, 0.6) is 5.75 Å². The monoisotopic (exact) mass is 250 g/mol. The third-order valence-corrected chi connectivity index (χ3v) is 3.61. The first kappa shape index (κ1) is 15.0. The molecule has 0 spiro atoms. The highest BCUT2D eigenvalue weighted by molar-refractivity contribution is 5.43. The second-order valence-corrected chi connectivity index (χ2v) is 5.09. The van der Waals surface area contributed by atoms with Gasteiger partial charge in [-0.2, -0.15) is 0 Å². The van der Waals surface area contributed by atoms with Crippen molar-refractivity contribution in [3.63, 3.8) is 0 Å². The number of methoxy groups -OCH3 is 1. The SMILES string of the molecule is CCCC(C)C(NN)c1cc(C)c(OC)cc1C. The zero-order valence-electron chi connectivity index (χ0n) is 12.2. The first-order valence-corrected chi connectivity index (χ1v) is 6.66. The van der Waals surface area contributed by atoms with Crippen LogP contribution in [0.25, 0.3) is 0 Å². The molecule has 102 valence electrons.